The maximum atomic E-state index is 9.48. The zero-order chi connectivity index (χ0) is 13.2. The summed E-state index contributed by atoms with van der Waals surface area (Å²) >= 11 is 0. The van der Waals surface area contributed by atoms with Crippen LogP contribution in [0, 0.1) is 5.92 Å². The van der Waals surface area contributed by atoms with E-state index in [4.69, 9.17) is 0 Å². The lowest BCUT2D eigenvalue weighted by Gasteiger charge is -2.35. The Labute approximate surface area is 114 Å². The molecule has 19 heavy (non-hydrogen) atoms. The molecule has 1 aliphatic heterocycles. The van der Waals surface area contributed by atoms with E-state index in [9.17, 15) is 5.11 Å². The second kappa shape index (κ2) is 5.33. The van der Waals surface area contributed by atoms with Gasteiger partial charge >= 0.3 is 0 Å². The Bertz CT molecular complexity index is 439. The van der Waals surface area contributed by atoms with E-state index in [1.165, 1.54) is 19.3 Å². The molecule has 2 fully saturated rings. The van der Waals surface area contributed by atoms with Gasteiger partial charge in [-0.05, 0) is 31.6 Å². The molecule has 2 heterocycles. The summed E-state index contributed by atoms with van der Waals surface area (Å²) in [5, 5.41) is 12.9. The van der Waals surface area contributed by atoms with Crippen LogP contribution in [0.25, 0.3) is 0 Å². The van der Waals surface area contributed by atoms with Gasteiger partial charge in [-0.15, -0.1) is 0 Å². The molecule has 0 aromatic carbocycles. The van der Waals surface area contributed by atoms with Crippen LogP contribution in [0.1, 0.15) is 32.6 Å². The standard InChI is InChI=1S/C14H22N4O/c1-10-6-12(10)17-13-7-14(16-9-15-13)18-5-3-2-4-11(18)8-19/h7,9-12,19H,2-6,8H2,1H3,(H,15,16,17). The van der Waals surface area contributed by atoms with Gasteiger partial charge in [-0.2, -0.15) is 0 Å². The second-order valence-corrected chi connectivity index (χ2v) is 5.75. The molecule has 1 aliphatic carbocycles. The van der Waals surface area contributed by atoms with E-state index in [2.05, 4.69) is 27.1 Å². The molecule has 5 heteroatoms. The zero-order valence-electron chi connectivity index (χ0n) is 11.4. The van der Waals surface area contributed by atoms with Gasteiger partial charge in [0, 0.05) is 18.7 Å². The van der Waals surface area contributed by atoms with E-state index in [0.717, 1.165) is 30.5 Å². The van der Waals surface area contributed by atoms with Gasteiger partial charge in [0.05, 0.1) is 12.6 Å². The third-order valence-corrected chi connectivity index (χ3v) is 4.23. The summed E-state index contributed by atoms with van der Waals surface area (Å²) in [6.07, 6.45) is 6.25. The number of nitrogens with zero attached hydrogens (tertiary/aromatic N) is 3. The van der Waals surface area contributed by atoms with E-state index in [0.29, 0.717) is 6.04 Å². The normalized spacial score (nSPS) is 30.2. The SMILES string of the molecule is CC1CC1Nc1cc(N2CCCCC2CO)ncn1. The molecule has 2 N–H and O–H groups in total. The van der Waals surface area contributed by atoms with Crippen LogP contribution in [0.4, 0.5) is 11.6 Å². The van der Waals surface area contributed by atoms with Crippen molar-refractivity contribution in [2.75, 3.05) is 23.4 Å². The average Bonchev–Trinajstić information content (AvgIpc) is 3.14. The minimum atomic E-state index is 0.201. The molecule has 1 saturated carbocycles. The van der Waals surface area contributed by atoms with Crippen LogP contribution >= 0.6 is 0 Å². The first-order valence-electron chi connectivity index (χ1n) is 7.24. The topological polar surface area (TPSA) is 61.3 Å². The van der Waals surface area contributed by atoms with Gasteiger partial charge in [0.25, 0.3) is 0 Å². The highest BCUT2D eigenvalue weighted by Crippen LogP contribution is 2.33. The highest BCUT2D eigenvalue weighted by Gasteiger charge is 2.33. The molecule has 3 rings (SSSR count). The number of aliphatic hydroxyl groups is 1. The first-order valence-corrected chi connectivity index (χ1v) is 7.24. The van der Waals surface area contributed by atoms with Crippen molar-refractivity contribution in [3.05, 3.63) is 12.4 Å². The van der Waals surface area contributed by atoms with Crippen molar-refractivity contribution in [3.63, 3.8) is 0 Å². The molecular formula is C14H22N4O. The third kappa shape index (κ3) is 2.81. The molecule has 104 valence electrons. The number of aromatic nitrogens is 2. The highest BCUT2D eigenvalue weighted by molar-refractivity contribution is 5.50. The molecule has 2 aliphatic rings. The van der Waals surface area contributed by atoms with Crippen molar-refractivity contribution in [3.8, 4) is 0 Å². The number of anilines is 2. The van der Waals surface area contributed by atoms with Crippen LogP contribution in [0.15, 0.2) is 12.4 Å². The smallest absolute Gasteiger partial charge is 0.134 e. The molecular weight excluding hydrogens is 240 g/mol. The van der Waals surface area contributed by atoms with Gasteiger partial charge in [-0.25, -0.2) is 9.97 Å². The molecule has 5 nitrogen and oxygen atoms in total. The van der Waals surface area contributed by atoms with Crippen LogP contribution in [0.5, 0.6) is 0 Å². The summed E-state index contributed by atoms with van der Waals surface area (Å²) in [5.74, 6) is 2.59. The van der Waals surface area contributed by atoms with Crippen molar-refractivity contribution in [1.82, 2.24) is 9.97 Å². The number of rotatable bonds is 4. The fraction of sp³-hybridized carbons (Fsp3) is 0.714. The van der Waals surface area contributed by atoms with Crippen LogP contribution in [-0.4, -0.2) is 40.3 Å². The monoisotopic (exact) mass is 262 g/mol. The Balaban J connectivity index is 1.73. The Morgan fingerprint density at radius 1 is 1.42 bits per heavy atom. The molecule has 0 spiro atoms. The van der Waals surface area contributed by atoms with Crippen LogP contribution in [0.3, 0.4) is 0 Å². The van der Waals surface area contributed by atoms with Gasteiger partial charge in [-0.1, -0.05) is 6.92 Å². The van der Waals surface area contributed by atoms with E-state index < -0.39 is 0 Å². The molecule has 0 amide bonds. The largest absolute Gasteiger partial charge is 0.394 e. The summed E-state index contributed by atoms with van der Waals surface area (Å²) < 4.78 is 0. The number of hydrogen-bond acceptors (Lipinski definition) is 5. The molecule has 3 atom stereocenters. The summed E-state index contributed by atoms with van der Waals surface area (Å²) in [4.78, 5) is 10.9. The fourth-order valence-corrected chi connectivity index (χ4v) is 2.79. The lowest BCUT2D eigenvalue weighted by molar-refractivity contribution is 0.239. The minimum absolute atomic E-state index is 0.201. The molecule has 0 bridgehead atoms. The first-order chi connectivity index (χ1) is 9.28. The number of hydrogen-bond donors (Lipinski definition) is 2. The number of piperidine rings is 1. The first kappa shape index (κ1) is 12.7. The van der Waals surface area contributed by atoms with E-state index in [1.54, 1.807) is 6.33 Å². The maximum Gasteiger partial charge on any atom is 0.134 e. The van der Waals surface area contributed by atoms with Crippen molar-refractivity contribution >= 4 is 11.6 Å². The van der Waals surface area contributed by atoms with Crippen molar-refractivity contribution in [2.24, 2.45) is 5.92 Å². The minimum Gasteiger partial charge on any atom is -0.394 e. The van der Waals surface area contributed by atoms with Crippen molar-refractivity contribution < 1.29 is 5.11 Å². The fourth-order valence-electron chi connectivity index (χ4n) is 2.79. The quantitative estimate of drug-likeness (QED) is 0.864. The molecule has 1 saturated heterocycles. The predicted octanol–water partition coefficient (Wildman–Crippen LogP) is 1.65. The predicted molar refractivity (Wildman–Crippen MR) is 75.3 cm³/mol. The highest BCUT2D eigenvalue weighted by atomic mass is 16.3. The number of aliphatic hydroxyl groups excluding tert-OH is 1. The maximum absolute atomic E-state index is 9.48. The van der Waals surface area contributed by atoms with Crippen LogP contribution in [-0.2, 0) is 0 Å². The molecule has 1 aromatic heterocycles. The van der Waals surface area contributed by atoms with E-state index >= 15 is 0 Å². The average molecular weight is 262 g/mol. The third-order valence-electron chi connectivity index (χ3n) is 4.23. The summed E-state index contributed by atoms with van der Waals surface area (Å²) in [5.41, 5.74) is 0. The molecule has 3 unspecified atom stereocenters. The van der Waals surface area contributed by atoms with Crippen LogP contribution in [0.2, 0.25) is 0 Å². The Morgan fingerprint density at radius 2 is 2.26 bits per heavy atom. The zero-order valence-corrected chi connectivity index (χ0v) is 11.4. The summed E-state index contributed by atoms with van der Waals surface area (Å²) in [7, 11) is 0. The van der Waals surface area contributed by atoms with Gasteiger partial charge in [-0.3, -0.25) is 0 Å². The van der Waals surface area contributed by atoms with Crippen molar-refractivity contribution in [2.45, 2.75) is 44.7 Å². The van der Waals surface area contributed by atoms with Gasteiger partial charge < -0.3 is 15.3 Å². The number of nitrogens with one attached hydrogen (secondary N) is 1. The Hall–Kier alpha value is -1.36. The summed E-state index contributed by atoms with van der Waals surface area (Å²) in [6, 6.07) is 2.79. The lowest BCUT2D eigenvalue weighted by Crippen LogP contribution is -2.42. The van der Waals surface area contributed by atoms with Gasteiger partial charge in [0.1, 0.15) is 18.0 Å². The second-order valence-electron chi connectivity index (χ2n) is 5.75. The van der Waals surface area contributed by atoms with E-state index in [-0.39, 0.29) is 12.6 Å². The lowest BCUT2D eigenvalue weighted by atomic mass is 10.0. The van der Waals surface area contributed by atoms with Gasteiger partial charge in [0.2, 0.25) is 0 Å². The molecule has 1 aromatic rings. The summed E-state index contributed by atoms with van der Waals surface area (Å²) in [6.45, 7) is 3.42. The van der Waals surface area contributed by atoms with Crippen LogP contribution < -0.4 is 10.2 Å². The Kier molecular flexibility index (Phi) is 3.55. The van der Waals surface area contributed by atoms with Crippen molar-refractivity contribution in [1.29, 1.82) is 0 Å². The Morgan fingerprint density at radius 3 is 3.00 bits per heavy atom. The van der Waals surface area contributed by atoms with Gasteiger partial charge in [0.15, 0.2) is 0 Å². The van der Waals surface area contributed by atoms with E-state index in [1.807, 2.05) is 6.07 Å². The molecule has 0 radical (unpaired) electrons.